The van der Waals surface area contributed by atoms with E-state index in [1.54, 1.807) is 27.8 Å². The van der Waals surface area contributed by atoms with Gasteiger partial charge in [-0.15, -0.1) is 0 Å². The maximum Gasteiger partial charge on any atom is 0.263 e. The number of hydrogen-bond donors (Lipinski definition) is 2. The lowest BCUT2D eigenvalue weighted by Gasteiger charge is -2.19. The van der Waals surface area contributed by atoms with Crippen LogP contribution in [0.15, 0.2) is 35.5 Å². The Balaban J connectivity index is 1.70. The Morgan fingerprint density at radius 2 is 2.04 bits per heavy atom. The Labute approximate surface area is 142 Å². The smallest absolute Gasteiger partial charge is 0.263 e. The molecule has 0 aromatic carbocycles. The molecule has 4 aromatic rings. The molecule has 4 heterocycles. The molecule has 128 valence electrons. The highest BCUT2D eigenvalue weighted by Gasteiger charge is 2.19. The fourth-order valence-corrected chi connectivity index (χ4v) is 2.69. The van der Waals surface area contributed by atoms with Crippen molar-refractivity contribution in [3.8, 4) is 0 Å². The fraction of sp³-hybridized carbons (Fsp3) is 0.312. The summed E-state index contributed by atoms with van der Waals surface area (Å²) in [5, 5.41) is 12.2. The standard InChI is InChI=1S/C16H18N8O/c1-16(2,3)24-13-11(9-20-24)14(25)22-15(21-13)18-8-10-4-6-17-12-5-7-19-23(10)12/h4-7,9H,8H2,1-3H3,(H2,18,21,22,25). The quantitative estimate of drug-likeness (QED) is 0.587. The lowest BCUT2D eigenvalue weighted by Crippen LogP contribution is -2.24. The highest BCUT2D eigenvalue weighted by atomic mass is 16.1. The SMILES string of the molecule is CC(C)(C)n1ncc2c(=O)[nH]c(NCc3ccnc4ccnn34)nc21. The Hall–Kier alpha value is -3.23. The summed E-state index contributed by atoms with van der Waals surface area (Å²) in [7, 11) is 0. The summed E-state index contributed by atoms with van der Waals surface area (Å²) < 4.78 is 3.49. The number of nitrogens with zero attached hydrogens (tertiary/aromatic N) is 6. The van der Waals surface area contributed by atoms with Crippen molar-refractivity contribution < 1.29 is 0 Å². The third-order valence-corrected chi connectivity index (χ3v) is 3.88. The number of fused-ring (bicyclic) bond motifs is 2. The first kappa shape index (κ1) is 15.3. The molecular formula is C16H18N8O. The van der Waals surface area contributed by atoms with Crippen molar-refractivity contribution in [1.29, 1.82) is 0 Å². The van der Waals surface area contributed by atoms with E-state index in [9.17, 15) is 4.79 Å². The minimum Gasteiger partial charge on any atom is -0.350 e. The summed E-state index contributed by atoms with van der Waals surface area (Å²) in [5.41, 5.74) is 1.73. The van der Waals surface area contributed by atoms with Crippen LogP contribution in [0.2, 0.25) is 0 Å². The summed E-state index contributed by atoms with van der Waals surface area (Å²) in [6.07, 6.45) is 4.97. The number of H-pyrrole nitrogens is 1. The number of hydrogen-bond acceptors (Lipinski definition) is 6. The van der Waals surface area contributed by atoms with Gasteiger partial charge in [-0.25, -0.2) is 14.2 Å². The van der Waals surface area contributed by atoms with E-state index in [1.807, 2.05) is 32.9 Å². The van der Waals surface area contributed by atoms with Crippen LogP contribution in [0.1, 0.15) is 26.5 Å². The largest absolute Gasteiger partial charge is 0.350 e. The molecule has 2 N–H and O–H groups in total. The van der Waals surface area contributed by atoms with E-state index in [0.717, 1.165) is 11.3 Å². The number of nitrogens with one attached hydrogen (secondary N) is 2. The van der Waals surface area contributed by atoms with Crippen molar-refractivity contribution in [2.24, 2.45) is 0 Å². The average molecular weight is 338 g/mol. The summed E-state index contributed by atoms with van der Waals surface area (Å²) in [6.45, 7) is 6.49. The summed E-state index contributed by atoms with van der Waals surface area (Å²) in [5.74, 6) is 0.389. The second kappa shape index (κ2) is 5.40. The monoisotopic (exact) mass is 338 g/mol. The first-order valence-corrected chi connectivity index (χ1v) is 7.93. The fourth-order valence-electron chi connectivity index (χ4n) is 2.69. The first-order valence-electron chi connectivity index (χ1n) is 7.93. The van der Waals surface area contributed by atoms with E-state index in [1.165, 1.54) is 0 Å². The molecule has 9 nitrogen and oxygen atoms in total. The van der Waals surface area contributed by atoms with E-state index in [4.69, 9.17) is 0 Å². The van der Waals surface area contributed by atoms with E-state index in [0.29, 0.717) is 23.5 Å². The molecule has 4 rings (SSSR count). The van der Waals surface area contributed by atoms with Crippen molar-refractivity contribution in [2.75, 3.05) is 5.32 Å². The third-order valence-electron chi connectivity index (χ3n) is 3.88. The van der Waals surface area contributed by atoms with Crippen LogP contribution in [0.4, 0.5) is 5.95 Å². The zero-order valence-electron chi connectivity index (χ0n) is 14.2. The van der Waals surface area contributed by atoms with E-state index >= 15 is 0 Å². The van der Waals surface area contributed by atoms with Crippen LogP contribution in [0, 0.1) is 0 Å². The molecule has 0 atom stereocenters. The molecule has 0 unspecified atom stereocenters. The van der Waals surface area contributed by atoms with Gasteiger partial charge >= 0.3 is 0 Å². The zero-order valence-corrected chi connectivity index (χ0v) is 14.2. The summed E-state index contributed by atoms with van der Waals surface area (Å²) >= 11 is 0. The lowest BCUT2D eigenvalue weighted by molar-refractivity contribution is 0.366. The molecule has 25 heavy (non-hydrogen) atoms. The van der Waals surface area contributed by atoms with E-state index in [2.05, 4.69) is 30.5 Å². The number of rotatable bonds is 3. The molecule has 0 fully saturated rings. The minimum atomic E-state index is -0.272. The maximum absolute atomic E-state index is 12.3. The second-order valence-electron chi connectivity index (χ2n) is 6.77. The van der Waals surface area contributed by atoms with Crippen LogP contribution in [0.25, 0.3) is 16.7 Å². The highest BCUT2D eigenvalue weighted by molar-refractivity contribution is 5.74. The summed E-state index contributed by atoms with van der Waals surface area (Å²) in [6, 6.07) is 3.70. The second-order valence-corrected chi connectivity index (χ2v) is 6.77. The molecule has 0 spiro atoms. The number of aromatic amines is 1. The Bertz CT molecular complexity index is 1110. The van der Waals surface area contributed by atoms with Crippen LogP contribution in [0.5, 0.6) is 0 Å². The van der Waals surface area contributed by atoms with E-state index < -0.39 is 0 Å². The first-order chi connectivity index (χ1) is 11.9. The van der Waals surface area contributed by atoms with Gasteiger partial charge in [-0.1, -0.05) is 0 Å². The topological polar surface area (TPSA) is 106 Å². The molecule has 0 bridgehead atoms. The molecule has 0 aliphatic carbocycles. The van der Waals surface area contributed by atoms with Crippen molar-refractivity contribution in [1.82, 2.24) is 34.3 Å². The predicted molar refractivity (Wildman–Crippen MR) is 93.5 cm³/mol. The Morgan fingerprint density at radius 3 is 2.84 bits per heavy atom. The average Bonchev–Trinajstić information content (AvgIpc) is 3.19. The number of anilines is 1. The van der Waals surface area contributed by atoms with Gasteiger partial charge < -0.3 is 5.32 Å². The van der Waals surface area contributed by atoms with Gasteiger partial charge in [0.05, 0.1) is 30.2 Å². The minimum absolute atomic E-state index is 0.220. The van der Waals surface area contributed by atoms with Gasteiger partial charge in [-0.05, 0) is 26.8 Å². The Morgan fingerprint density at radius 1 is 1.20 bits per heavy atom. The molecule has 4 aromatic heterocycles. The van der Waals surface area contributed by atoms with Crippen molar-refractivity contribution >= 4 is 22.6 Å². The van der Waals surface area contributed by atoms with Crippen LogP contribution in [0.3, 0.4) is 0 Å². The molecule has 0 saturated carbocycles. The summed E-state index contributed by atoms with van der Waals surface area (Å²) in [4.78, 5) is 23.8. The molecule has 0 radical (unpaired) electrons. The van der Waals surface area contributed by atoms with Gasteiger partial charge in [0.15, 0.2) is 11.3 Å². The van der Waals surface area contributed by atoms with Gasteiger partial charge in [0.25, 0.3) is 5.56 Å². The molecule has 9 heteroatoms. The molecule has 0 aliphatic heterocycles. The van der Waals surface area contributed by atoms with Crippen molar-refractivity contribution in [2.45, 2.75) is 32.9 Å². The molecule has 0 saturated heterocycles. The van der Waals surface area contributed by atoms with Crippen LogP contribution >= 0.6 is 0 Å². The predicted octanol–water partition coefficient (Wildman–Crippen LogP) is 1.53. The van der Waals surface area contributed by atoms with Crippen LogP contribution in [-0.4, -0.2) is 34.3 Å². The Kier molecular flexibility index (Phi) is 3.31. The van der Waals surface area contributed by atoms with Gasteiger partial charge in [-0.2, -0.15) is 15.2 Å². The normalized spacial score (nSPS) is 12.1. The van der Waals surface area contributed by atoms with Gasteiger partial charge in [0, 0.05) is 12.3 Å². The highest BCUT2D eigenvalue weighted by Crippen LogP contribution is 2.18. The van der Waals surface area contributed by atoms with Gasteiger partial charge in [0.1, 0.15) is 5.39 Å². The molecule has 0 aliphatic rings. The van der Waals surface area contributed by atoms with Crippen molar-refractivity contribution in [3.63, 3.8) is 0 Å². The number of aromatic nitrogens is 7. The van der Waals surface area contributed by atoms with Crippen LogP contribution < -0.4 is 10.9 Å². The van der Waals surface area contributed by atoms with E-state index in [-0.39, 0.29) is 11.1 Å². The molecule has 0 amide bonds. The molecular weight excluding hydrogens is 320 g/mol. The maximum atomic E-state index is 12.3. The lowest BCUT2D eigenvalue weighted by atomic mass is 10.1. The van der Waals surface area contributed by atoms with Crippen LogP contribution in [-0.2, 0) is 12.1 Å². The van der Waals surface area contributed by atoms with Crippen molar-refractivity contribution in [3.05, 3.63) is 46.8 Å². The zero-order chi connectivity index (χ0) is 17.6. The van der Waals surface area contributed by atoms with Gasteiger partial charge in [-0.3, -0.25) is 9.78 Å². The van der Waals surface area contributed by atoms with Gasteiger partial charge in [0.2, 0.25) is 5.95 Å². The third kappa shape index (κ3) is 2.63.